The number of benzene rings is 5. The minimum absolute atomic E-state index is 0.0383. The van der Waals surface area contributed by atoms with Gasteiger partial charge in [-0.25, -0.2) is 0 Å². The van der Waals surface area contributed by atoms with Gasteiger partial charge in [-0.05, 0) is 105 Å². The molecular formula is C46H48N2. The minimum Gasteiger partial charge on any atom is -0.308 e. The van der Waals surface area contributed by atoms with Crippen LogP contribution in [0.2, 0.25) is 0 Å². The molecule has 0 radical (unpaired) electrons. The van der Waals surface area contributed by atoms with Gasteiger partial charge in [-0.1, -0.05) is 95.2 Å². The zero-order valence-electron chi connectivity index (χ0n) is 30.8. The van der Waals surface area contributed by atoms with Gasteiger partial charge in [-0.15, -0.1) is 0 Å². The molecule has 48 heavy (non-hydrogen) atoms. The van der Waals surface area contributed by atoms with Crippen LogP contribution in [0.1, 0.15) is 105 Å². The number of fused-ring (bicyclic) bond motifs is 12. The summed E-state index contributed by atoms with van der Waals surface area (Å²) in [6.07, 6.45) is 0. The highest BCUT2D eigenvalue weighted by Crippen LogP contribution is 2.47. The molecule has 4 heterocycles. The van der Waals surface area contributed by atoms with Crippen LogP contribution in [-0.4, -0.2) is 8.80 Å². The molecule has 0 atom stereocenters. The standard InChI is InChI=1S/C46H48N2/c1-43(2,3)25-13-15-37-29(17-25)33-19-27(45(7,8)9)21-35-31-23-32-36-22-28(46(10,11)12)20-34-30-18-26(44(4,5)6)14-16-38(30)48(42(34)36)40(32)24-39(31)47(37)41(33)35/h13-24H,1-12H3. The topological polar surface area (TPSA) is 8.82 Å². The van der Waals surface area contributed by atoms with Crippen LogP contribution in [0, 0.1) is 0 Å². The highest BCUT2D eigenvalue weighted by atomic mass is 14.9. The van der Waals surface area contributed by atoms with Crippen LogP contribution in [-0.2, 0) is 21.7 Å². The average molecular weight is 629 g/mol. The van der Waals surface area contributed by atoms with Crippen molar-refractivity contribution in [3.05, 3.63) is 95.1 Å². The largest absolute Gasteiger partial charge is 0.308 e. The molecule has 0 aliphatic heterocycles. The molecule has 0 aliphatic carbocycles. The molecule has 0 unspecified atom stereocenters. The van der Waals surface area contributed by atoms with Crippen molar-refractivity contribution in [2.24, 2.45) is 0 Å². The lowest BCUT2D eigenvalue weighted by molar-refractivity contribution is 0.590. The van der Waals surface area contributed by atoms with Gasteiger partial charge in [0.05, 0.1) is 33.1 Å². The van der Waals surface area contributed by atoms with Crippen LogP contribution < -0.4 is 0 Å². The van der Waals surface area contributed by atoms with E-state index in [-0.39, 0.29) is 21.7 Å². The number of nitrogens with zero attached hydrogens (tertiary/aromatic N) is 2. The molecule has 0 saturated heterocycles. The zero-order chi connectivity index (χ0) is 34.0. The molecule has 0 saturated carbocycles. The summed E-state index contributed by atoms with van der Waals surface area (Å²) in [5.41, 5.74) is 13.7. The molecular weight excluding hydrogens is 581 g/mol. The van der Waals surface area contributed by atoms with Crippen molar-refractivity contribution >= 4 is 76.2 Å². The van der Waals surface area contributed by atoms with Crippen LogP contribution in [0.15, 0.2) is 72.8 Å². The highest BCUT2D eigenvalue weighted by Gasteiger charge is 2.27. The van der Waals surface area contributed by atoms with E-state index >= 15 is 0 Å². The van der Waals surface area contributed by atoms with E-state index in [9.17, 15) is 0 Å². The molecule has 9 aromatic rings. The Labute approximate surface area is 284 Å². The number of rotatable bonds is 0. The van der Waals surface area contributed by atoms with Gasteiger partial charge in [0, 0.05) is 43.1 Å². The summed E-state index contributed by atoms with van der Waals surface area (Å²) in [6.45, 7) is 28.0. The lowest BCUT2D eigenvalue weighted by Crippen LogP contribution is -2.11. The second-order valence-electron chi connectivity index (χ2n) is 18.9. The predicted octanol–water partition coefficient (Wildman–Crippen LogP) is 13.2. The molecule has 5 aromatic carbocycles. The second kappa shape index (κ2) is 8.83. The van der Waals surface area contributed by atoms with Crippen molar-refractivity contribution in [1.29, 1.82) is 0 Å². The third-order valence-electron chi connectivity index (χ3n) is 11.4. The Hall–Kier alpha value is -4.30. The molecule has 2 nitrogen and oxygen atoms in total. The third-order valence-corrected chi connectivity index (χ3v) is 11.4. The van der Waals surface area contributed by atoms with Crippen molar-refractivity contribution in [3.63, 3.8) is 0 Å². The van der Waals surface area contributed by atoms with Gasteiger partial charge in [0.25, 0.3) is 0 Å². The predicted molar refractivity (Wildman–Crippen MR) is 211 cm³/mol. The van der Waals surface area contributed by atoms with Crippen molar-refractivity contribution < 1.29 is 0 Å². The van der Waals surface area contributed by atoms with Gasteiger partial charge >= 0.3 is 0 Å². The Morgan fingerprint density at radius 3 is 0.896 bits per heavy atom. The fraction of sp³-hybridized carbons (Fsp3) is 0.348. The third kappa shape index (κ3) is 3.86. The number of hydrogen-bond acceptors (Lipinski definition) is 0. The van der Waals surface area contributed by atoms with E-state index in [0.717, 1.165) is 0 Å². The summed E-state index contributed by atoms with van der Waals surface area (Å²) >= 11 is 0. The molecule has 0 fully saturated rings. The fourth-order valence-electron chi connectivity index (χ4n) is 8.38. The molecule has 0 bridgehead atoms. The molecule has 4 aromatic heterocycles. The summed E-state index contributed by atoms with van der Waals surface area (Å²) in [6, 6.07) is 29.3. The van der Waals surface area contributed by atoms with Crippen LogP contribution >= 0.6 is 0 Å². The van der Waals surface area contributed by atoms with Gasteiger partial charge in [-0.3, -0.25) is 0 Å². The van der Waals surface area contributed by atoms with E-state index in [0.29, 0.717) is 0 Å². The van der Waals surface area contributed by atoms with Gasteiger partial charge in [0.15, 0.2) is 0 Å². The first-order chi connectivity index (χ1) is 22.3. The van der Waals surface area contributed by atoms with E-state index < -0.39 is 0 Å². The van der Waals surface area contributed by atoms with Gasteiger partial charge in [-0.2, -0.15) is 0 Å². The van der Waals surface area contributed by atoms with Gasteiger partial charge in [0.1, 0.15) is 0 Å². The lowest BCUT2D eigenvalue weighted by Gasteiger charge is -2.20. The SMILES string of the molecule is CC(C)(C)c1ccc2c(c1)c1cc(C(C)(C)C)cc3c4cc5c6cc(C(C)(C)C)cc7c8cc(C(C)(C)C)ccc8n(c5cc4n2c13)c76. The van der Waals surface area contributed by atoms with Crippen LogP contribution in [0.4, 0.5) is 0 Å². The smallest absolute Gasteiger partial charge is 0.0620 e. The molecule has 2 heteroatoms. The second-order valence-corrected chi connectivity index (χ2v) is 18.9. The Morgan fingerprint density at radius 2 is 0.583 bits per heavy atom. The molecule has 0 spiro atoms. The molecule has 0 N–H and O–H groups in total. The van der Waals surface area contributed by atoms with E-state index in [1.54, 1.807) is 0 Å². The van der Waals surface area contributed by atoms with Gasteiger partial charge < -0.3 is 8.80 Å². The zero-order valence-corrected chi connectivity index (χ0v) is 30.8. The first-order valence-corrected chi connectivity index (χ1v) is 17.8. The summed E-state index contributed by atoms with van der Waals surface area (Å²) in [5.74, 6) is 0. The molecule has 242 valence electrons. The number of aromatic nitrogens is 2. The van der Waals surface area contributed by atoms with Crippen molar-refractivity contribution in [2.75, 3.05) is 0 Å². The maximum absolute atomic E-state index is 2.57. The average Bonchev–Trinajstić information content (AvgIpc) is 3.70. The summed E-state index contributed by atoms with van der Waals surface area (Å²) in [7, 11) is 0. The normalized spacial score (nSPS) is 14.2. The Bertz CT molecular complexity index is 2600. The van der Waals surface area contributed by atoms with Gasteiger partial charge in [0.2, 0.25) is 0 Å². The summed E-state index contributed by atoms with van der Waals surface area (Å²) in [5, 5.41) is 10.9. The van der Waals surface area contributed by atoms with Crippen LogP contribution in [0.5, 0.6) is 0 Å². The molecule has 0 amide bonds. The monoisotopic (exact) mass is 628 g/mol. The van der Waals surface area contributed by atoms with Crippen LogP contribution in [0.25, 0.3) is 76.2 Å². The first-order valence-electron chi connectivity index (χ1n) is 17.8. The summed E-state index contributed by atoms with van der Waals surface area (Å²) in [4.78, 5) is 0. The van der Waals surface area contributed by atoms with E-state index in [1.807, 2.05) is 0 Å². The maximum Gasteiger partial charge on any atom is 0.0620 e. The lowest BCUT2D eigenvalue weighted by atomic mass is 9.84. The molecule has 0 aliphatic rings. The fourth-order valence-corrected chi connectivity index (χ4v) is 8.38. The maximum atomic E-state index is 2.57. The minimum atomic E-state index is 0.0383. The Morgan fingerprint density at radius 1 is 0.292 bits per heavy atom. The quantitative estimate of drug-likeness (QED) is 0.158. The van der Waals surface area contributed by atoms with E-state index in [4.69, 9.17) is 0 Å². The summed E-state index contributed by atoms with van der Waals surface area (Å²) < 4.78 is 5.14. The first kappa shape index (κ1) is 29.8. The molecule has 9 rings (SSSR count). The van der Waals surface area contributed by atoms with E-state index in [2.05, 4.69) is 165 Å². The van der Waals surface area contributed by atoms with Crippen LogP contribution in [0.3, 0.4) is 0 Å². The highest BCUT2D eigenvalue weighted by molar-refractivity contribution is 6.29. The van der Waals surface area contributed by atoms with Crippen molar-refractivity contribution in [1.82, 2.24) is 8.80 Å². The van der Waals surface area contributed by atoms with Crippen molar-refractivity contribution in [3.8, 4) is 0 Å². The Kier molecular flexibility index (Phi) is 5.48. The van der Waals surface area contributed by atoms with E-state index in [1.165, 1.54) is 98.4 Å². The van der Waals surface area contributed by atoms with Crippen molar-refractivity contribution in [2.45, 2.75) is 105 Å². The Balaban J connectivity index is 1.51. The number of hydrogen-bond donors (Lipinski definition) is 0.